The summed E-state index contributed by atoms with van der Waals surface area (Å²) in [5.74, 6) is -0.200. The van der Waals surface area contributed by atoms with Gasteiger partial charge in [0.2, 0.25) is 0 Å². The number of rotatable bonds is 3. The van der Waals surface area contributed by atoms with Gasteiger partial charge in [-0.3, -0.25) is 4.79 Å². The highest BCUT2D eigenvalue weighted by Gasteiger charge is 2.43. The molecule has 0 saturated carbocycles. The van der Waals surface area contributed by atoms with Crippen LogP contribution in [-0.2, 0) is 0 Å². The van der Waals surface area contributed by atoms with E-state index in [0.29, 0.717) is 22.5 Å². The Morgan fingerprint density at radius 3 is 2.56 bits per heavy atom. The van der Waals surface area contributed by atoms with Crippen LogP contribution in [0.15, 0.2) is 47.2 Å². The number of nitrogens with one attached hydrogen (secondary N) is 1. The van der Waals surface area contributed by atoms with Crippen molar-refractivity contribution in [1.82, 2.24) is 4.98 Å². The zero-order valence-electron chi connectivity index (χ0n) is 13.8. The molecule has 6 nitrogen and oxygen atoms in total. The summed E-state index contributed by atoms with van der Waals surface area (Å²) in [6, 6.07) is 7.47. The maximum Gasteiger partial charge on any atom is 0.586 e. The second-order valence-electron chi connectivity index (χ2n) is 5.77. The Labute approximate surface area is 156 Å². The number of aryl methyl sites for hydroxylation is 1. The van der Waals surface area contributed by atoms with Crippen molar-refractivity contribution < 1.29 is 27.5 Å². The Kier molecular flexibility index (Phi) is 4.00. The lowest BCUT2D eigenvalue weighted by atomic mass is 10.1. The molecular formula is C18H11ClF2N2O4. The Hall–Kier alpha value is -3.13. The number of furan rings is 1. The first-order valence-electron chi connectivity index (χ1n) is 7.74. The van der Waals surface area contributed by atoms with Gasteiger partial charge in [-0.15, -0.1) is 8.78 Å². The number of nitrogens with zero attached hydrogens (tertiary/aromatic N) is 1. The molecule has 0 atom stereocenters. The van der Waals surface area contributed by atoms with Crippen molar-refractivity contribution in [2.24, 2.45) is 0 Å². The van der Waals surface area contributed by atoms with Gasteiger partial charge >= 0.3 is 6.29 Å². The van der Waals surface area contributed by atoms with Gasteiger partial charge in [-0.2, -0.15) is 0 Å². The molecule has 1 aliphatic heterocycles. The molecule has 2 aromatic heterocycles. The van der Waals surface area contributed by atoms with Gasteiger partial charge < -0.3 is 19.2 Å². The fraction of sp³-hybridized carbons (Fsp3) is 0.111. The number of benzene rings is 1. The van der Waals surface area contributed by atoms with Crippen LogP contribution in [0, 0.1) is 6.92 Å². The molecule has 1 aliphatic rings. The minimum atomic E-state index is -3.72. The number of hydrogen-bond donors (Lipinski definition) is 1. The second kappa shape index (κ2) is 6.24. The van der Waals surface area contributed by atoms with Crippen LogP contribution < -0.4 is 14.8 Å². The highest BCUT2D eigenvalue weighted by atomic mass is 35.5. The molecule has 1 amide bonds. The van der Waals surface area contributed by atoms with Crippen molar-refractivity contribution in [2.75, 3.05) is 5.32 Å². The predicted molar refractivity (Wildman–Crippen MR) is 92.3 cm³/mol. The largest absolute Gasteiger partial charge is 0.586 e. The number of aromatic nitrogens is 1. The molecule has 1 aromatic carbocycles. The summed E-state index contributed by atoms with van der Waals surface area (Å²) in [7, 11) is 0. The molecular weight excluding hydrogens is 382 g/mol. The first-order valence-corrected chi connectivity index (χ1v) is 8.11. The molecule has 0 bridgehead atoms. The van der Waals surface area contributed by atoms with Crippen molar-refractivity contribution in [3.8, 4) is 22.6 Å². The summed E-state index contributed by atoms with van der Waals surface area (Å²) in [4.78, 5) is 16.3. The fourth-order valence-electron chi connectivity index (χ4n) is 2.60. The minimum Gasteiger partial charge on any atom is -0.459 e. The average molecular weight is 393 g/mol. The normalized spacial score (nSPS) is 14.2. The zero-order chi connectivity index (χ0) is 19.2. The smallest absolute Gasteiger partial charge is 0.459 e. The lowest BCUT2D eigenvalue weighted by molar-refractivity contribution is -0.286. The van der Waals surface area contributed by atoms with Crippen molar-refractivity contribution in [2.45, 2.75) is 13.2 Å². The van der Waals surface area contributed by atoms with Crippen LogP contribution in [-0.4, -0.2) is 17.2 Å². The maximum absolute atomic E-state index is 13.2. The average Bonchev–Trinajstić information content (AvgIpc) is 3.16. The van der Waals surface area contributed by atoms with Crippen molar-refractivity contribution in [3.05, 3.63) is 59.1 Å². The van der Waals surface area contributed by atoms with Crippen molar-refractivity contribution in [3.63, 3.8) is 0 Å². The van der Waals surface area contributed by atoms with Crippen LogP contribution in [0.2, 0.25) is 5.02 Å². The summed E-state index contributed by atoms with van der Waals surface area (Å²) in [6.45, 7) is 1.75. The molecule has 4 rings (SSSR count). The first-order chi connectivity index (χ1) is 12.8. The Morgan fingerprint density at radius 1 is 1.19 bits per heavy atom. The molecule has 3 aromatic rings. The lowest BCUT2D eigenvalue weighted by Gasteiger charge is -2.07. The highest BCUT2D eigenvalue weighted by Crippen LogP contribution is 2.45. The number of alkyl halides is 2. The van der Waals surface area contributed by atoms with Crippen LogP contribution >= 0.6 is 11.6 Å². The number of fused-ring (bicyclic) bond motifs is 1. The number of carbonyl (C=O) groups is 1. The molecule has 0 aliphatic carbocycles. The first kappa shape index (κ1) is 17.3. The summed E-state index contributed by atoms with van der Waals surface area (Å²) in [5, 5.41) is 2.80. The van der Waals surface area contributed by atoms with Crippen LogP contribution in [0.25, 0.3) is 11.1 Å². The number of halogens is 3. The van der Waals surface area contributed by atoms with E-state index < -0.39 is 12.2 Å². The monoisotopic (exact) mass is 392 g/mol. The summed E-state index contributed by atoms with van der Waals surface area (Å²) in [5.41, 5.74) is 1.69. The molecule has 27 heavy (non-hydrogen) atoms. The van der Waals surface area contributed by atoms with Gasteiger partial charge in [0.1, 0.15) is 5.82 Å². The topological polar surface area (TPSA) is 73.6 Å². The highest BCUT2D eigenvalue weighted by molar-refractivity contribution is 6.33. The third-order valence-electron chi connectivity index (χ3n) is 3.88. The van der Waals surface area contributed by atoms with E-state index in [4.69, 9.17) is 16.0 Å². The number of anilines is 1. The lowest BCUT2D eigenvalue weighted by Crippen LogP contribution is -2.25. The van der Waals surface area contributed by atoms with Crippen LogP contribution in [0.4, 0.5) is 14.6 Å². The maximum atomic E-state index is 13.2. The summed E-state index contributed by atoms with van der Waals surface area (Å²) < 4.78 is 40.3. The molecule has 9 heteroatoms. The predicted octanol–water partition coefficient (Wildman–Crippen LogP) is 4.88. The minimum absolute atomic E-state index is 0.120. The van der Waals surface area contributed by atoms with Gasteiger partial charge in [0, 0.05) is 29.0 Å². The van der Waals surface area contributed by atoms with E-state index in [2.05, 4.69) is 19.8 Å². The van der Waals surface area contributed by atoms with Crippen LogP contribution in [0.3, 0.4) is 0 Å². The number of amides is 1. The molecule has 138 valence electrons. The van der Waals surface area contributed by atoms with Gasteiger partial charge in [-0.05, 0) is 31.2 Å². The Bertz CT molecular complexity index is 1030. The standard InChI is InChI=1S/C18H11ClF2N2O4/c1-9-4-5-25-16(9)17(24)23-15-3-2-10(8-22-15)11-6-13-14(7-12(11)19)27-18(20,21)26-13/h2-8H,1H3,(H,22,23,24). The van der Waals surface area contributed by atoms with Gasteiger partial charge in [-0.25, -0.2) is 4.98 Å². The van der Waals surface area contributed by atoms with E-state index in [0.717, 1.165) is 0 Å². The fourth-order valence-corrected chi connectivity index (χ4v) is 2.86. The Morgan fingerprint density at radius 2 is 1.93 bits per heavy atom. The van der Waals surface area contributed by atoms with Gasteiger partial charge in [0.05, 0.1) is 11.3 Å². The zero-order valence-corrected chi connectivity index (χ0v) is 14.5. The van der Waals surface area contributed by atoms with Gasteiger partial charge in [0.15, 0.2) is 17.3 Å². The van der Waals surface area contributed by atoms with E-state index in [1.165, 1.54) is 24.6 Å². The molecule has 0 fully saturated rings. The number of ether oxygens (including phenoxy) is 2. The summed E-state index contributed by atoms with van der Waals surface area (Å²) >= 11 is 6.15. The van der Waals surface area contributed by atoms with E-state index in [1.807, 2.05) is 0 Å². The van der Waals surface area contributed by atoms with E-state index in [-0.39, 0.29) is 22.3 Å². The van der Waals surface area contributed by atoms with Crippen LogP contribution in [0.5, 0.6) is 11.5 Å². The van der Waals surface area contributed by atoms with Gasteiger partial charge in [0.25, 0.3) is 5.91 Å². The third-order valence-corrected chi connectivity index (χ3v) is 4.19. The molecule has 0 unspecified atom stereocenters. The molecule has 0 radical (unpaired) electrons. The third kappa shape index (κ3) is 3.31. The quantitative estimate of drug-likeness (QED) is 0.687. The Balaban J connectivity index is 1.57. The number of pyridine rings is 1. The summed E-state index contributed by atoms with van der Waals surface area (Å²) in [6.07, 6.45) is -0.848. The number of carbonyl (C=O) groups excluding carboxylic acids is 1. The molecule has 3 heterocycles. The number of hydrogen-bond acceptors (Lipinski definition) is 5. The van der Waals surface area contributed by atoms with Gasteiger partial charge in [-0.1, -0.05) is 11.6 Å². The van der Waals surface area contributed by atoms with E-state index in [1.54, 1.807) is 25.1 Å². The van der Waals surface area contributed by atoms with Crippen LogP contribution in [0.1, 0.15) is 16.1 Å². The second-order valence-corrected chi connectivity index (χ2v) is 6.17. The SMILES string of the molecule is Cc1ccoc1C(=O)Nc1ccc(-c2cc3c(cc2Cl)OC(F)(F)O3)cn1. The van der Waals surface area contributed by atoms with Crippen molar-refractivity contribution >= 4 is 23.3 Å². The molecule has 0 spiro atoms. The molecule has 0 saturated heterocycles. The van der Waals surface area contributed by atoms with Crippen molar-refractivity contribution in [1.29, 1.82) is 0 Å². The van der Waals surface area contributed by atoms with E-state index in [9.17, 15) is 13.6 Å². The van der Waals surface area contributed by atoms with E-state index >= 15 is 0 Å². The molecule has 1 N–H and O–H groups in total.